The molecule has 0 bridgehead atoms. The van der Waals surface area contributed by atoms with Gasteiger partial charge in [-0.15, -0.1) is 0 Å². The number of hydrogen-bond acceptors (Lipinski definition) is 3. The van der Waals surface area contributed by atoms with Crippen molar-refractivity contribution in [1.29, 1.82) is 0 Å². The minimum absolute atomic E-state index is 0.342. The van der Waals surface area contributed by atoms with Gasteiger partial charge in [0, 0.05) is 12.3 Å². The maximum atomic E-state index is 6.21. The van der Waals surface area contributed by atoms with Gasteiger partial charge in [0.1, 0.15) is 10.8 Å². The molecule has 0 aromatic carbocycles. The zero-order chi connectivity index (χ0) is 14.8. The van der Waals surface area contributed by atoms with E-state index in [0.717, 1.165) is 30.8 Å². The van der Waals surface area contributed by atoms with Crippen LogP contribution < -0.4 is 0 Å². The van der Waals surface area contributed by atoms with Crippen LogP contribution in [0.2, 0.25) is 5.15 Å². The van der Waals surface area contributed by atoms with Gasteiger partial charge in [-0.3, -0.25) is 0 Å². The number of aromatic nitrogens is 2. The molecule has 0 radical (unpaired) electrons. The maximum Gasteiger partial charge on any atom is 0.162 e. The lowest BCUT2D eigenvalue weighted by Gasteiger charge is -2.38. The highest BCUT2D eigenvalue weighted by molar-refractivity contribution is 6.29. The Hall–Kier alpha value is -0.670. The predicted molar refractivity (Wildman–Crippen MR) is 82.1 cm³/mol. The topological polar surface area (TPSA) is 35.0 Å². The Balaban J connectivity index is 2.43. The molecule has 2 unspecified atom stereocenters. The lowest BCUT2D eigenvalue weighted by atomic mass is 9.78. The number of halogens is 1. The molecule has 2 atom stereocenters. The van der Waals surface area contributed by atoms with Crippen LogP contribution in [-0.2, 0) is 10.3 Å². The Morgan fingerprint density at radius 3 is 2.80 bits per heavy atom. The molecule has 1 saturated carbocycles. The summed E-state index contributed by atoms with van der Waals surface area (Å²) < 4.78 is 6.13. The first-order chi connectivity index (χ1) is 9.47. The quantitative estimate of drug-likeness (QED) is 0.756. The Morgan fingerprint density at radius 1 is 1.45 bits per heavy atom. The van der Waals surface area contributed by atoms with E-state index in [-0.39, 0.29) is 5.60 Å². The normalized spacial score (nSPS) is 27.0. The van der Waals surface area contributed by atoms with E-state index in [1.165, 1.54) is 6.42 Å². The van der Waals surface area contributed by atoms with Crippen LogP contribution in [0.15, 0.2) is 6.07 Å². The number of ether oxygens (including phenoxy) is 1. The molecule has 1 aliphatic rings. The number of rotatable bonds is 4. The fourth-order valence-corrected chi connectivity index (χ4v) is 3.30. The van der Waals surface area contributed by atoms with Crippen molar-refractivity contribution in [3.05, 3.63) is 22.7 Å². The Kier molecular flexibility index (Phi) is 5.03. The van der Waals surface area contributed by atoms with Crippen molar-refractivity contribution in [3.63, 3.8) is 0 Å². The van der Waals surface area contributed by atoms with Gasteiger partial charge < -0.3 is 4.74 Å². The first kappa shape index (κ1) is 15.7. The summed E-state index contributed by atoms with van der Waals surface area (Å²) in [5, 5.41) is 0.524. The van der Waals surface area contributed by atoms with Crippen molar-refractivity contribution in [2.75, 3.05) is 6.61 Å². The standard InChI is InChI=1S/C16H25ClN2O/c1-5-20-16(8-6-7-12(4)10-16)15-18-13(11(2)3)9-14(17)19-15/h9,11-12H,5-8,10H2,1-4H3. The molecule has 3 nitrogen and oxygen atoms in total. The molecule has 1 heterocycles. The summed E-state index contributed by atoms with van der Waals surface area (Å²) in [6.07, 6.45) is 4.39. The molecule has 0 saturated heterocycles. The summed E-state index contributed by atoms with van der Waals surface area (Å²) in [6, 6.07) is 1.86. The zero-order valence-corrected chi connectivity index (χ0v) is 13.7. The second-order valence-corrected chi connectivity index (χ2v) is 6.61. The lowest BCUT2D eigenvalue weighted by Crippen LogP contribution is -2.37. The summed E-state index contributed by atoms with van der Waals surface area (Å²) in [5.74, 6) is 1.76. The van der Waals surface area contributed by atoms with Gasteiger partial charge >= 0.3 is 0 Å². The zero-order valence-electron chi connectivity index (χ0n) is 12.9. The molecule has 0 N–H and O–H groups in total. The third-order valence-electron chi connectivity index (χ3n) is 4.09. The van der Waals surface area contributed by atoms with E-state index < -0.39 is 0 Å². The Bertz CT molecular complexity index is 460. The molecule has 1 aromatic rings. The van der Waals surface area contributed by atoms with Crippen LogP contribution in [0.3, 0.4) is 0 Å². The first-order valence-corrected chi connectivity index (χ1v) is 8.03. The van der Waals surface area contributed by atoms with Crippen molar-refractivity contribution in [2.24, 2.45) is 5.92 Å². The minimum atomic E-state index is -0.346. The van der Waals surface area contributed by atoms with E-state index in [4.69, 9.17) is 21.3 Å². The van der Waals surface area contributed by atoms with E-state index in [1.807, 2.05) is 13.0 Å². The molecule has 0 amide bonds. The fourth-order valence-electron chi connectivity index (χ4n) is 3.11. The van der Waals surface area contributed by atoms with E-state index >= 15 is 0 Å². The molecule has 1 fully saturated rings. The highest BCUT2D eigenvalue weighted by atomic mass is 35.5. The first-order valence-electron chi connectivity index (χ1n) is 7.65. The lowest BCUT2D eigenvalue weighted by molar-refractivity contribution is -0.0882. The van der Waals surface area contributed by atoms with Crippen LogP contribution in [0.25, 0.3) is 0 Å². The smallest absolute Gasteiger partial charge is 0.162 e. The molecule has 0 spiro atoms. The van der Waals surface area contributed by atoms with Crippen molar-refractivity contribution < 1.29 is 4.74 Å². The second-order valence-electron chi connectivity index (χ2n) is 6.22. The highest BCUT2D eigenvalue weighted by Gasteiger charge is 2.40. The molecule has 112 valence electrons. The molecular weight excluding hydrogens is 272 g/mol. The predicted octanol–water partition coefficient (Wildman–Crippen LogP) is 4.70. The summed E-state index contributed by atoms with van der Waals surface area (Å²) in [5.41, 5.74) is 0.651. The SMILES string of the molecule is CCOC1(c2nc(Cl)cc(C(C)C)n2)CCCC(C)C1. The highest BCUT2D eigenvalue weighted by Crippen LogP contribution is 2.42. The van der Waals surface area contributed by atoms with Gasteiger partial charge in [-0.05, 0) is 44.1 Å². The largest absolute Gasteiger partial charge is 0.367 e. The van der Waals surface area contributed by atoms with Gasteiger partial charge in [-0.2, -0.15) is 0 Å². The minimum Gasteiger partial charge on any atom is -0.367 e. The van der Waals surface area contributed by atoms with Gasteiger partial charge in [0.15, 0.2) is 5.82 Å². The van der Waals surface area contributed by atoms with Crippen LogP contribution in [0.1, 0.15) is 70.8 Å². The Morgan fingerprint density at radius 2 is 2.20 bits per heavy atom. The number of hydrogen-bond donors (Lipinski definition) is 0. The van der Waals surface area contributed by atoms with Gasteiger partial charge in [-0.1, -0.05) is 38.8 Å². The molecule has 1 aliphatic carbocycles. The van der Waals surface area contributed by atoms with E-state index in [9.17, 15) is 0 Å². The van der Waals surface area contributed by atoms with E-state index in [2.05, 4.69) is 25.8 Å². The van der Waals surface area contributed by atoms with E-state index in [1.54, 1.807) is 0 Å². The van der Waals surface area contributed by atoms with Crippen LogP contribution in [0.4, 0.5) is 0 Å². The average molecular weight is 297 g/mol. The summed E-state index contributed by atoms with van der Waals surface area (Å²) in [7, 11) is 0. The summed E-state index contributed by atoms with van der Waals surface area (Å²) >= 11 is 6.21. The van der Waals surface area contributed by atoms with Crippen LogP contribution in [0, 0.1) is 5.92 Å². The van der Waals surface area contributed by atoms with Gasteiger partial charge in [-0.25, -0.2) is 9.97 Å². The van der Waals surface area contributed by atoms with Crippen LogP contribution in [-0.4, -0.2) is 16.6 Å². The third-order valence-corrected chi connectivity index (χ3v) is 4.28. The second kappa shape index (κ2) is 6.40. The summed E-state index contributed by atoms with van der Waals surface area (Å²) in [6.45, 7) is 9.24. The molecule has 4 heteroatoms. The molecule has 20 heavy (non-hydrogen) atoms. The summed E-state index contributed by atoms with van der Waals surface area (Å²) in [4.78, 5) is 9.26. The Labute approximate surface area is 127 Å². The van der Waals surface area contributed by atoms with Gasteiger partial charge in [0.2, 0.25) is 0 Å². The molecule has 1 aromatic heterocycles. The number of nitrogens with zero attached hydrogens (tertiary/aromatic N) is 2. The monoisotopic (exact) mass is 296 g/mol. The van der Waals surface area contributed by atoms with Gasteiger partial charge in [0.25, 0.3) is 0 Å². The van der Waals surface area contributed by atoms with Crippen LogP contribution in [0.5, 0.6) is 0 Å². The third kappa shape index (κ3) is 3.32. The van der Waals surface area contributed by atoms with Crippen molar-refractivity contribution in [3.8, 4) is 0 Å². The maximum absolute atomic E-state index is 6.21. The average Bonchev–Trinajstić information content (AvgIpc) is 2.38. The van der Waals surface area contributed by atoms with Crippen molar-refractivity contribution in [2.45, 2.75) is 64.9 Å². The van der Waals surface area contributed by atoms with Crippen molar-refractivity contribution in [1.82, 2.24) is 9.97 Å². The van der Waals surface area contributed by atoms with Crippen molar-refractivity contribution >= 4 is 11.6 Å². The molecule has 0 aliphatic heterocycles. The molecule has 2 rings (SSSR count). The van der Waals surface area contributed by atoms with Gasteiger partial charge in [0.05, 0.1) is 0 Å². The van der Waals surface area contributed by atoms with Crippen LogP contribution >= 0.6 is 11.6 Å². The molecular formula is C16H25ClN2O. The van der Waals surface area contributed by atoms with E-state index in [0.29, 0.717) is 23.6 Å². The fraction of sp³-hybridized carbons (Fsp3) is 0.750.